The number of hydrogen-bond donors (Lipinski definition) is 6. The molecule has 2 atom stereocenters. The number of carbonyl (C=O) groups is 5. The maximum atomic E-state index is 14.0. The lowest BCUT2D eigenvalue weighted by Crippen LogP contribution is -2.49. The van der Waals surface area contributed by atoms with E-state index in [0.29, 0.717) is 45.0 Å². The number of aryl methyl sites for hydroxylation is 4. The third-order valence-electron chi connectivity index (χ3n) is 9.18. The quantitative estimate of drug-likeness (QED) is 0.143. The summed E-state index contributed by atoms with van der Waals surface area (Å²) in [6, 6.07) is 15.0. The van der Waals surface area contributed by atoms with Crippen molar-refractivity contribution in [3.63, 3.8) is 0 Å². The molecule has 5 amide bonds. The van der Waals surface area contributed by atoms with Crippen molar-refractivity contribution < 1.29 is 24.0 Å². The number of rotatable bonds is 10. The first-order chi connectivity index (χ1) is 25.4. The maximum absolute atomic E-state index is 14.0. The van der Waals surface area contributed by atoms with Gasteiger partial charge in [-0.2, -0.15) is 0 Å². The topological polar surface area (TPSA) is 211 Å². The zero-order valence-electron chi connectivity index (χ0n) is 30.5. The normalized spacial score (nSPS) is 15.0. The number of amides is 5. The second kappa shape index (κ2) is 17.0. The highest BCUT2D eigenvalue weighted by Gasteiger charge is 2.26. The van der Waals surface area contributed by atoms with Crippen molar-refractivity contribution >= 4 is 35.2 Å². The van der Waals surface area contributed by atoms with Crippen LogP contribution < -0.4 is 32.7 Å². The van der Waals surface area contributed by atoms with E-state index in [-0.39, 0.29) is 43.8 Å². The average Bonchev–Trinajstić information content (AvgIpc) is 3.11. The van der Waals surface area contributed by atoms with Gasteiger partial charge in [-0.15, -0.1) is 0 Å². The van der Waals surface area contributed by atoms with Crippen molar-refractivity contribution in [1.29, 1.82) is 0 Å². The number of benzene rings is 3. The molecule has 0 radical (unpaired) electrons. The zero-order chi connectivity index (χ0) is 38.2. The van der Waals surface area contributed by atoms with Gasteiger partial charge < -0.3 is 32.7 Å². The monoisotopic (exact) mass is 718 g/mol. The second-order valence-electron chi connectivity index (χ2n) is 13.4. The lowest BCUT2D eigenvalue weighted by atomic mass is 9.93. The Bertz CT molecular complexity index is 2060. The van der Waals surface area contributed by atoms with Crippen LogP contribution in [0.25, 0.3) is 22.5 Å². The molecule has 4 bridgehead atoms. The number of anilines is 1. The molecule has 1 unspecified atom stereocenters. The summed E-state index contributed by atoms with van der Waals surface area (Å²) in [6.07, 6.45) is 3.72. The minimum atomic E-state index is -1.04. The third-order valence-corrected chi connectivity index (χ3v) is 9.18. The highest BCUT2D eigenvalue weighted by molar-refractivity contribution is 6.04. The molecule has 13 nitrogen and oxygen atoms in total. The summed E-state index contributed by atoms with van der Waals surface area (Å²) in [5.74, 6) is -2.17. The average molecular weight is 719 g/mol. The van der Waals surface area contributed by atoms with E-state index in [1.165, 1.54) is 11.8 Å². The molecule has 53 heavy (non-hydrogen) atoms. The van der Waals surface area contributed by atoms with Crippen molar-refractivity contribution in [3.8, 4) is 22.5 Å². The smallest absolute Gasteiger partial charge is 0.255 e. The van der Waals surface area contributed by atoms with Gasteiger partial charge in [-0.1, -0.05) is 61.9 Å². The van der Waals surface area contributed by atoms with Crippen LogP contribution in [0.3, 0.4) is 0 Å². The van der Waals surface area contributed by atoms with Crippen LogP contribution in [0.15, 0.2) is 60.8 Å². The first-order valence-corrected chi connectivity index (χ1v) is 17.7. The van der Waals surface area contributed by atoms with Gasteiger partial charge >= 0.3 is 0 Å². The van der Waals surface area contributed by atoms with E-state index >= 15 is 0 Å². The van der Waals surface area contributed by atoms with E-state index in [0.717, 1.165) is 24.0 Å². The van der Waals surface area contributed by atoms with E-state index in [1.807, 2.05) is 31.2 Å². The van der Waals surface area contributed by atoms with Crippen molar-refractivity contribution in [2.75, 3.05) is 18.4 Å². The Morgan fingerprint density at radius 2 is 1.75 bits per heavy atom. The van der Waals surface area contributed by atoms with Crippen molar-refractivity contribution in [2.45, 2.75) is 71.9 Å². The van der Waals surface area contributed by atoms with Crippen LogP contribution >= 0.6 is 0 Å². The molecule has 1 aliphatic rings. The van der Waals surface area contributed by atoms with E-state index in [1.54, 1.807) is 32.0 Å². The fraction of sp³-hybridized carbons (Fsp3) is 0.325. The van der Waals surface area contributed by atoms with Gasteiger partial charge in [0.2, 0.25) is 23.6 Å². The number of aromatic nitrogens is 2. The second-order valence-corrected chi connectivity index (χ2v) is 13.4. The summed E-state index contributed by atoms with van der Waals surface area (Å²) in [5.41, 5.74) is 19.2. The number of primary amides is 1. The van der Waals surface area contributed by atoms with Crippen molar-refractivity contribution in [1.82, 2.24) is 25.9 Å². The van der Waals surface area contributed by atoms with Gasteiger partial charge in [-0.25, -0.2) is 9.97 Å². The van der Waals surface area contributed by atoms with Crippen LogP contribution in [0, 0.1) is 20.8 Å². The van der Waals surface area contributed by atoms with Gasteiger partial charge in [0.15, 0.2) is 5.82 Å². The number of carbonyl (C=O) groups excluding carboxylic acids is 5. The summed E-state index contributed by atoms with van der Waals surface area (Å²) in [7, 11) is 0. The number of fused-ring (bicyclic) bond motifs is 5. The molecule has 1 aromatic heterocycles. The minimum Gasteiger partial charge on any atom is -0.368 e. The van der Waals surface area contributed by atoms with Crippen LogP contribution in [0.5, 0.6) is 0 Å². The molecule has 3 aromatic carbocycles. The first kappa shape index (κ1) is 38.3. The third kappa shape index (κ3) is 9.49. The predicted molar refractivity (Wildman–Crippen MR) is 203 cm³/mol. The molecule has 0 spiro atoms. The Labute approximate surface area is 308 Å². The van der Waals surface area contributed by atoms with Crippen LogP contribution in [-0.2, 0) is 38.4 Å². The van der Waals surface area contributed by atoms with Gasteiger partial charge in [0.05, 0.1) is 29.9 Å². The summed E-state index contributed by atoms with van der Waals surface area (Å²) in [4.78, 5) is 74.2. The fourth-order valence-electron chi connectivity index (χ4n) is 6.48. The van der Waals surface area contributed by atoms with Gasteiger partial charge in [0, 0.05) is 23.7 Å². The summed E-state index contributed by atoms with van der Waals surface area (Å²) in [5, 5.41) is 11.0. The van der Waals surface area contributed by atoms with E-state index in [4.69, 9.17) is 11.5 Å². The summed E-state index contributed by atoms with van der Waals surface area (Å²) < 4.78 is 0. The minimum absolute atomic E-state index is 0.000292. The maximum Gasteiger partial charge on any atom is 0.255 e. The highest BCUT2D eigenvalue weighted by atomic mass is 16.2. The number of nitrogens with two attached hydrogens (primary N) is 2. The predicted octanol–water partition coefficient (Wildman–Crippen LogP) is 2.96. The molecular formula is C40H46N8O5. The Kier molecular flexibility index (Phi) is 12.3. The molecule has 2 heterocycles. The first-order valence-electron chi connectivity index (χ1n) is 17.7. The van der Waals surface area contributed by atoms with E-state index in [9.17, 15) is 24.0 Å². The SMILES string of the molecule is CCCc1ccc(-c2ncc(C(=O)N[C@@H](CCN)C(=O)Nc3c(C)cc4cc3-c3cccc(c3)CC(=O)NCC(=O)NC(C(N)=O)C4)c(C)n2)c(C)c1. The number of nitrogens with zero attached hydrogens (tertiary/aromatic N) is 2. The van der Waals surface area contributed by atoms with Gasteiger partial charge in [-0.05, 0) is 79.6 Å². The standard InChI is InChI=1S/C40H46N8O5/c1-5-7-25-10-11-29(22(2)14-25)38-44-20-31(24(4)45-38)39(52)47-32(12-13-41)40(53)48-36-23(3)15-27-17-30(36)28-9-6-8-26(16-28)19-34(49)43-21-35(50)46-33(18-27)37(42)51/h6,8-11,14-17,20,32-33H,5,7,12-13,18-19,21,41H2,1-4H3,(H2,42,51)(H,43,49)(H,46,50)(H,47,52)(H,48,53)/t32-,33?/m0/s1. The van der Waals surface area contributed by atoms with Gasteiger partial charge in [-0.3, -0.25) is 24.0 Å². The van der Waals surface area contributed by atoms with Gasteiger partial charge in [0.1, 0.15) is 12.1 Å². The molecule has 0 fully saturated rings. The number of nitrogens with one attached hydrogen (secondary N) is 4. The van der Waals surface area contributed by atoms with Crippen LogP contribution in [0.2, 0.25) is 0 Å². The van der Waals surface area contributed by atoms with Crippen molar-refractivity contribution in [3.05, 3.63) is 99.9 Å². The molecule has 13 heteroatoms. The van der Waals surface area contributed by atoms with Crippen LogP contribution in [-0.4, -0.2) is 64.7 Å². The van der Waals surface area contributed by atoms with E-state index in [2.05, 4.69) is 50.3 Å². The Morgan fingerprint density at radius 1 is 0.962 bits per heavy atom. The summed E-state index contributed by atoms with van der Waals surface area (Å²) in [6.45, 7) is 7.50. The fourth-order valence-corrected chi connectivity index (χ4v) is 6.48. The summed E-state index contributed by atoms with van der Waals surface area (Å²) >= 11 is 0. The van der Waals surface area contributed by atoms with Crippen molar-refractivity contribution in [2.24, 2.45) is 11.5 Å². The van der Waals surface area contributed by atoms with Crippen LogP contribution in [0.1, 0.15) is 63.6 Å². The lowest BCUT2D eigenvalue weighted by Gasteiger charge is -2.23. The van der Waals surface area contributed by atoms with Crippen LogP contribution in [0.4, 0.5) is 5.69 Å². The molecular weight excluding hydrogens is 672 g/mol. The molecule has 1 aliphatic heterocycles. The molecule has 4 aromatic rings. The Hall–Kier alpha value is -5.95. The molecule has 8 N–H and O–H groups in total. The zero-order valence-corrected chi connectivity index (χ0v) is 30.5. The molecule has 5 rings (SSSR count). The lowest BCUT2D eigenvalue weighted by molar-refractivity contribution is -0.128. The van der Waals surface area contributed by atoms with Gasteiger partial charge in [0.25, 0.3) is 5.91 Å². The Morgan fingerprint density at radius 3 is 2.45 bits per heavy atom. The van der Waals surface area contributed by atoms with E-state index < -0.39 is 35.7 Å². The Balaban J connectivity index is 1.43. The molecule has 0 saturated carbocycles. The number of hydrogen-bond acceptors (Lipinski definition) is 8. The highest BCUT2D eigenvalue weighted by Crippen LogP contribution is 2.34. The molecule has 0 aliphatic carbocycles. The molecule has 276 valence electrons. The molecule has 0 saturated heterocycles. The largest absolute Gasteiger partial charge is 0.368 e.